The van der Waals surface area contributed by atoms with Crippen molar-refractivity contribution in [3.63, 3.8) is 0 Å². The lowest BCUT2D eigenvalue weighted by Crippen LogP contribution is -2.30. The second-order valence-electron chi connectivity index (χ2n) is 2.54. The van der Waals surface area contributed by atoms with Gasteiger partial charge >= 0.3 is 0 Å². The van der Waals surface area contributed by atoms with Gasteiger partial charge in [-0.1, -0.05) is 13.8 Å². The lowest BCUT2D eigenvalue weighted by atomic mass is 10.4. The molecule has 0 bridgehead atoms. The van der Waals surface area contributed by atoms with Crippen molar-refractivity contribution in [2.45, 2.75) is 26.7 Å². The lowest BCUT2D eigenvalue weighted by Gasteiger charge is -2.18. The van der Waals surface area contributed by atoms with Crippen LogP contribution in [-0.4, -0.2) is 38.1 Å². The summed E-state index contributed by atoms with van der Waals surface area (Å²) in [6.07, 6.45) is 2.52. The Morgan fingerprint density at radius 1 is 1.30 bits per heavy atom. The molecule has 0 radical (unpaired) electrons. The Morgan fingerprint density at radius 2 is 1.80 bits per heavy atom. The summed E-state index contributed by atoms with van der Waals surface area (Å²) < 4.78 is 7.81. The molecule has 0 aromatic heterocycles. The Bertz CT molecular complexity index is 58.5. The molecule has 0 aromatic rings. The predicted octanol–water partition coefficient (Wildman–Crippen LogP) is -0.596. The molecule has 0 N–H and O–H groups in total. The van der Waals surface area contributed by atoms with E-state index in [0.717, 1.165) is 10.5 Å². The van der Waals surface area contributed by atoms with Gasteiger partial charge in [-0.25, -0.2) is 0 Å². The lowest BCUT2D eigenvalue weighted by molar-refractivity contribution is 0.397. The molecule has 0 unspecified atom stereocenters. The van der Waals surface area contributed by atoms with Crippen LogP contribution in [0.5, 0.6) is 0 Å². The van der Waals surface area contributed by atoms with Gasteiger partial charge in [-0.3, -0.25) is 0 Å². The van der Waals surface area contributed by atoms with Crippen molar-refractivity contribution in [2.75, 3.05) is 13.1 Å². The van der Waals surface area contributed by atoms with E-state index in [1.54, 1.807) is 0 Å². The van der Waals surface area contributed by atoms with E-state index >= 15 is 0 Å². The largest absolute Gasteiger partial charge is 0.457 e. The third-order valence-electron chi connectivity index (χ3n) is 1.39. The van der Waals surface area contributed by atoms with Gasteiger partial charge in [0.15, 0.2) is 0 Å². The van der Waals surface area contributed by atoms with Crippen LogP contribution in [0.25, 0.3) is 0 Å². The van der Waals surface area contributed by atoms with Crippen molar-refractivity contribution in [1.29, 1.82) is 0 Å². The average Bonchev–Trinajstić information content (AvgIpc) is 1.90. The summed E-state index contributed by atoms with van der Waals surface area (Å²) in [5.41, 5.74) is 0. The number of rotatable bonds is 6. The molecule has 0 aromatic carbocycles. The highest BCUT2D eigenvalue weighted by atomic mass is 28.3. The SMILES string of the molecule is CCCN(CCC)[SiH2]O[SiH3]. The fourth-order valence-electron chi connectivity index (χ4n) is 1.06. The van der Waals surface area contributed by atoms with E-state index in [0.29, 0.717) is 0 Å². The quantitative estimate of drug-likeness (QED) is 0.503. The molecule has 0 fully saturated rings. The highest BCUT2D eigenvalue weighted by Gasteiger charge is 1.99. The number of hydrogen-bond donors (Lipinski definition) is 0. The number of hydrogen-bond acceptors (Lipinski definition) is 2. The van der Waals surface area contributed by atoms with Crippen LogP contribution in [0.3, 0.4) is 0 Å². The molecule has 10 heavy (non-hydrogen) atoms. The van der Waals surface area contributed by atoms with E-state index in [1.165, 1.54) is 25.9 Å². The van der Waals surface area contributed by atoms with Gasteiger partial charge in [0, 0.05) is 0 Å². The molecule has 0 saturated carbocycles. The zero-order valence-corrected chi connectivity index (χ0v) is 10.8. The molecule has 62 valence electrons. The van der Waals surface area contributed by atoms with E-state index in [4.69, 9.17) is 4.12 Å². The van der Waals surface area contributed by atoms with Crippen molar-refractivity contribution in [3.8, 4) is 0 Å². The van der Waals surface area contributed by atoms with Crippen LogP contribution in [0.15, 0.2) is 0 Å². The molecule has 0 aliphatic rings. The Balaban J connectivity index is 3.30. The zero-order valence-electron chi connectivity index (χ0n) is 7.39. The molecular weight excluding hydrogens is 158 g/mol. The monoisotopic (exact) mass is 177 g/mol. The highest BCUT2D eigenvalue weighted by Crippen LogP contribution is 1.90. The standard InChI is InChI=1S/C6H19NOSi2/c1-3-5-7(6-4-2)10-8-9/h3-6,10H2,1-2,9H3. The van der Waals surface area contributed by atoms with Gasteiger partial charge in [-0.15, -0.1) is 0 Å². The second-order valence-corrected chi connectivity index (χ2v) is 6.00. The summed E-state index contributed by atoms with van der Waals surface area (Å²) in [6, 6.07) is 0. The van der Waals surface area contributed by atoms with Gasteiger partial charge in [0.1, 0.15) is 10.5 Å². The smallest absolute Gasteiger partial charge is 0.226 e. The molecule has 0 rings (SSSR count). The van der Waals surface area contributed by atoms with E-state index in [9.17, 15) is 0 Å². The first-order chi connectivity index (χ1) is 4.85. The van der Waals surface area contributed by atoms with E-state index < -0.39 is 0 Å². The Labute approximate surface area is 69.5 Å². The molecule has 0 spiro atoms. The molecular formula is C6H19NOSi2. The van der Waals surface area contributed by atoms with E-state index in [-0.39, 0.29) is 9.92 Å². The van der Waals surface area contributed by atoms with E-state index in [2.05, 4.69) is 18.4 Å². The van der Waals surface area contributed by atoms with Crippen molar-refractivity contribution in [3.05, 3.63) is 0 Å². The van der Waals surface area contributed by atoms with Crippen LogP contribution < -0.4 is 0 Å². The maximum absolute atomic E-state index is 5.31. The normalized spacial score (nSPS) is 12.3. The molecule has 0 saturated heterocycles. The van der Waals surface area contributed by atoms with Crippen LogP contribution in [0.2, 0.25) is 0 Å². The first kappa shape index (κ1) is 10.4. The fourth-order valence-corrected chi connectivity index (χ4v) is 3.41. The van der Waals surface area contributed by atoms with E-state index in [1.807, 2.05) is 0 Å². The Hall–Kier alpha value is 0.354. The first-order valence-electron chi connectivity index (χ1n) is 4.06. The van der Waals surface area contributed by atoms with Gasteiger partial charge in [0.25, 0.3) is 0 Å². The molecule has 4 heteroatoms. The third kappa shape index (κ3) is 5.16. The summed E-state index contributed by atoms with van der Waals surface area (Å²) in [7, 11) is 0.630. The minimum absolute atomic E-state index is 0.291. The summed E-state index contributed by atoms with van der Waals surface area (Å²) in [5, 5.41) is 0. The van der Waals surface area contributed by atoms with Crippen molar-refractivity contribution >= 4 is 20.4 Å². The minimum Gasteiger partial charge on any atom is -0.457 e. The van der Waals surface area contributed by atoms with Gasteiger partial charge in [0.05, 0.1) is 0 Å². The molecule has 0 heterocycles. The third-order valence-corrected chi connectivity index (χ3v) is 3.42. The Kier molecular flexibility index (Phi) is 7.72. The molecule has 0 amide bonds. The topological polar surface area (TPSA) is 12.5 Å². The average molecular weight is 177 g/mol. The van der Waals surface area contributed by atoms with Gasteiger partial charge in [0.2, 0.25) is 9.92 Å². The predicted molar refractivity (Wildman–Crippen MR) is 51.7 cm³/mol. The van der Waals surface area contributed by atoms with Crippen LogP contribution in [-0.2, 0) is 4.12 Å². The molecule has 0 aliphatic carbocycles. The maximum Gasteiger partial charge on any atom is 0.226 e. The molecule has 0 atom stereocenters. The van der Waals surface area contributed by atoms with Crippen molar-refractivity contribution in [1.82, 2.24) is 4.57 Å². The van der Waals surface area contributed by atoms with Gasteiger partial charge in [-0.05, 0) is 25.9 Å². The second kappa shape index (κ2) is 7.46. The van der Waals surface area contributed by atoms with Gasteiger partial charge in [-0.2, -0.15) is 0 Å². The summed E-state index contributed by atoms with van der Waals surface area (Å²) in [6.45, 7) is 6.93. The summed E-state index contributed by atoms with van der Waals surface area (Å²) in [4.78, 5) is 0. The van der Waals surface area contributed by atoms with Crippen LogP contribution in [0.1, 0.15) is 26.7 Å². The zero-order chi connectivity index (χ0) is 7.82. The first-order valence-corrected chi connectivity index (χ1v) is 6.09. The number of nitrogens with zero attached hydrogens (tertiary/aromatic N) is 1. The van der Waals surface area contributed by atoms with Crippen molar-refractivity contribution < 1.29 is 4.12 Å². The Morgan fingerprint density at radius 3 is 2.10 bits per heavy atom. The van der Waals surface area contributed by atoms with Crippen LogP contribution >= 0.6 is 0 Å². The fraction of sp³-hybridized carbons (Fsp3) is 1.00. The molecule has 0 aliphatic heterocycles. The highest BCUT2D eigenvalue weighted by molar-refractivity contribution is 6.31. The minimum atomic E-state index is -0.291. The van der Waals surface area contributed by atoms with Gasteiger partial charge < -0.3 is 8.68 Å². The van der Waals surface area contributed by atoms with Crippen LogP contribution in [0, 0.1) is 0 Å². The maximum atomic E-state index is 5.31. The molecule has 2 nitrogen and oxygen atoms in total. The summed E-state index contributed by atoms with van der Waals surface area (Å²) >= 11 is 0. The summed E-state index contributed by atoms with van der Waals surface area (Å²) in [5.74, 6) is 0. The van der Waals surface area contributed by atoms with Crippen molar-refractivity contribution in [2.24, 2.45) is 0 Å². The van der Waals surface area contributed by atoms with Crippen LogP contribution in [0.4, 0.5) is 0 Å².